The molecule has 2 nitrogen and oxygen atoms in total. The molecule has 2 N–H and O–H groups in total. The highest BCUT2D eigenvalue weighted by Gasteiger charge is 2.64. The third kappa shape index (κ3) is 3.67. The third-order valence-corrected chi connectivity index (χ3v) is 11.5. The Morgan fingerprint density at radius 3 is 2.39 bits per heavy atom. The Labute approximate surface area is 192 Å². The Morgan fingerprint density at radius 1 is 1.00 bits per heavy atom. The minimum absolute atomic E-state index is 0.0724. The van der Waals surface area contributed by atoms with E-state index in [0.717, 1.165) is 49.4 Å². The summed E-state index contributed by atoms with van der Waals surface area (Å²) < 4.78 is 0. The largest absolute Gasteiger partial charge is 0.393 e. The van der Waals surface area contributed by atoms with Crippen molar-refractivity contribution in [2.75, 3.05) is 0 Å². The van der Waals surface area contributed by atoms with Crippen LogP contribution in [0.3, 0.4) is 0 Å². The predicted octanol–water partition coefficient (Wildman–Crippen LogP) is 7.14. The van der Waals surface area contributed by atoms with Gasteiger partial charge < -0.3 is 10.2 Å². The van der Waals surface area contributed by atoms with E-state index >= 15 is 0 Å². The van der Waals surface area contributed by atoms with Gasteiger partial charge in [-0.1, -0.05) is 59.6 Å². The molecule has 4 aliphatic rings. The number of fused-ring (bicyclic) bond motifs is 5. The van der Waals surface area contributed by atoms with Crippen LogP contribution in [0, 0.1) is 46.3 Å². The molecule has 2 heteroatoms. The Balaban J connectivity index is 1.52. The van der Waals surface area contributed by atoms with E-state index in [0.29, 0.717) is 17.3 Å². The quantitative estimate of drug-likeness (QED) is 0.440. The standard InChI is InChI=1S/C29H50O2/c1-7-21(19(2)3)9-8-20(4)29(31)17-14-26-24-11-10-22-18-23(30)12-15-27(22,5)25(24)13-16-28(26,29)6/h10,19-21,23-26,30-31H,7-9,11-18H2,1-6H3/t20-,21-,23+,24-,25+,26+,27+,28+,29+/m1/s1. The van der Waals surface area contributed by atoms with E-state index in [-0.39, 0.29) is 11.5 Å². The van der Waals surface area contributed by atoms with Crippen LogP contribution in [0.25, 0.3) is 0 Å². The highest BCUT2D eigenvalue weighted by atomic mass is 16.3. The van der Waals surface area contributed by atoms with E-state index in [4.69, 9.17) is 0 Å². The minimum Gasteiger partial charge on any atom is -0.393 e. The molecule has 0 saturated heterocycles. The van der Waals surface area contributed by atoms with Gasteiger partial charge in [-0.05, 0) is 111 Å². The van der Waals surface area contributed by atoms with Gasteiger partial charge in [0, 0.05) is 0 Å². The van der Waals surface area contributed by atoms with Gasteiger partial charge in [-0.15, -0.1) is 0 Å². The molecular weight excluding hydrogens is 380 g/mol. The fraction of sp³-hybridized carbons (Fsp3) is 0.931. The van der Waals surface area contributed by atoms with Gasteiger partial charge in [-0.2, -0.15) is 0 Å². The summed E-state index contributed by atoms with van der Waals surface area (Å²) in [4.78, 5) is 0. The fourth-order valence-electron chi connectivity index (χ4n) is 9.21. The van der Waals surface area contributed by atoms with E-state index < -0.39 is 5.60 Å². The van der Waals surface area contributed by atoms with Crippen LogP contribution in [0.4, 0.5) is 0 Å². The molecule has 0 amide bonds. The molecule has 3 saturated carbocycles. The monoisotopic (exact) mass is 430 g/mol. The van der Waals surface area contributed by atoms with Crippen molar-refractivity contribution in [2.24, 2.45) is 46.3 Å². The first-order valence-electron chi connectivity index (χ1n) is 13.7. The molecule has 178 valence electrons. The maximum absolute atomic E-state index is 12.2. The summed E-state index contributed by atoms with van der Waals surface area (Å²) in [7, 11) is 0. The minimum atomic E-state index is -0.494. The van der Waals surface area contributed by atoms with Gasteiger partial charge in [0.25, 0.3) is 0 Å². The van der Waals surface area contributed by atoms with Crippen LogP contribution in [-0.2, 0) is 0 Å². The van der Waals surface area contributed by atoms with Crippen molar-refractivity contribution in [2.45, 2.75) is 124 Å². The van der Waals surface area contributed by atoms with E-state index in [1.165, 1.54) is 44.9 Å². The summed E-state index contributed by atoms with van der Waals surface area (Å²) in [6.45, 7) is 14.4. The maximum atomic E-state index is 12.2. The first-order chi connectivity index (χ1) is 14.6. The van der Waals surface area contributed by atoms with Crippen molar-refractivity contribution >= 4 is 0 Å². The highest BCUT2D eigenvalue weighted by molar-refractivity contribution is 5.26. The van der Waals surface area contributed by atoms with E-state index in [2.05, 4.69) is 47.6 Å². The number of hydrogen-bond acceptors (Lipinski definition) is 2. The van der Waals surface area contributed by atoms with Gasteiger partial charge in [0.1, 0.15) is 0 Å². The van der Waals surface area contributed by atoms with Gasteiger partial charge in [0.2, 0.25) is 0 Å². The first-order valence-corrected chi connectivity index (χ1v) is 13.7. The number of aliphatic hydroxyl groups excluding tert-OH is 1. The third-order valence-electron chi connectivity index (χ3n) is 11.5. The van der Waals surface area contributed by atoms with Gasteiger partial charge in [-0.3, -0.25) is 0 Å². The molecule has 0 aliphatic heterocycles. The van der Waals surface area contributed by atoms with Crippen LogP contribution < -0.4 is 0 Å². The van der Waals surface area contributed by atoms with Crippen LogP contribution >= 0.6 is 0 Å². The second kappa shape index (κ2) is 8.46. The van der Waals surface area contributed by atoms with Crippen molar-refractivity contribution in [3.8, 4) is 0 Å². The van der Waals surface area contributed by atoms with Crippen LogP contribution in [-0.4, -0.2) is 21.9 Å². The summed E-state index contributed by atoms with van der Waals surface area (Å²) in [5.41, 5.74) is 1.42. The number of rotatable bonds is 6. The molecule has 0 aromatic carbocycles. The van der Waals surface area contributed by atoms with E-state index in [9.17, 15) is 10.2 Å². The van der Waals surface area contributed by atoms with Gasteiger partial charge >= 0.3 is 0 Å². The molecule has 4 rings (SSSR count). The lowest BCUT2D eigenvalue weighted by molar-refractivity contribution is -0.151. The average Bonchev–Trinajstić information content (AvgIpc) is 3.00. The van der Waals surface area contributed by atoms with Crippen LogP contribution in [0.2, 0.25) is 0 Å². The molecule has 3 fully saturated rings. The molecular formula is C29H50O2. The van der Waals surface area contributed by atoms with Crippen molar-refractivity contribution in [3.63, 3.8) is 0 Å². The number of hydrogen-bond donors (Lipinski definition) is 2. The topological polar surface area (TPSA) is 40.5 Å². The summed E-state index contributed by atoms with van der Waals surface area (Å²) in [5.74, 6) is 4.06. The molecule has 0 heterocycles. The number of aliphatic hydroxyl groups is 2. The van der Waals surface area contributed by atoms with Crippen molar-refractivity contribution < 1.29 is 10.2 Å². The maximum Gasteiger partial charge on any atom is 0.0729 e. The molecule has 9 atom stereocenters. The Hall–Kier alpha value is -0.340. The second-order valence-electron chi connectivity index (χ2n) is 13.0. The van der Waals surface area contributed by atoms with Crippen LogP contribution in [0.15, 0.2) is 11.6 Å². The van der Waals surface area contributed by atoms with Crippen molar-refractivity contribution in [1.29, 1.82) is 0 Å². The van der Waals surface area contributed by atoms with E-state index in [1.54, 1.807) is 5.57 Å². The van der Waals surface area contributed by atoms with Gasteiger partial charge in [-0.25, -0.2) is 0 Å². The van der Waals surface area contributed by atoms with Crippen molar-refractivity contribution in [3.05, 3.63) is 11.6 Å². The predicted molar refractivity (Wildman–Crippen MR) is 130 cm³/mol. The summed E-state index contributed by atoms with van der Waals surface area (Å²) in [6, 6.07) is 0. The zero-order valence-electron chi connectivity index (χ0n) is 21.3. The number of allylic oxidation sites excluding steroid dienone is 1. The lowest BCUT2D eigenvalue weighted by atomic mass is 9.46. The molecule has 0 unspecified atom stereocenters. The summed E-state index contributed by atoms with van der Waals surface area (Å²) in [6.07, 6.45) is 14.9. The van der Waals surface area contributed by atoms with Crippen LogP contribution in [0.1, 0.15) is 112 Å². The SMILES string of the molecule is CC[C@H](CC[C@@H](C)[C@@]1(O)CC[C@H]2[C@@H]3CC=C4C[C@@H](O)CC[C@]4(C)[C@H]3CC[C@@]21C)C(C)C. The molecule has 0 aromatic rings. The summed E-state index contributed by atoms with van der Waals surface area (Å²) >= 11 is 0. The molecule has 0 spiro atoms. The lowest BCUT2D eigenvalue weighted by Crippen LogP contribution is -2.56. The van der Waals surface area contributed by atoms with Crippen molar-refractivity contribution in [1.82, 2.24) is 0 Å². The van der Waals surface area contributed by atoms with Gasteiger partial charge in [0.15, 0.2) is 0 Å². The molecule has 4 aliphatic carbocycles. The highest BCUT2D eigenvalue weighted by Crippen LogP contribution is 2.68. The zero-order valence-corrected chi connectivity index (χ0v) is 21.3. The Bertz CT molecular complexity index is 682. The fourth-order valence-corrected chi connectivity index (χ4v) is 9.21. The molecule has 0 radical (unpaired) electrons. The van der Waals surface area contributed by atoms with Gasteiger partial charge in [0.05, 0.1) is 11.7 Å². The molecule has 0 bridgehead atoms. The molecule has 31 heavy (non-hydrogen) atoms. The first kappa shape index (κ1) is 23.8. The lowest BCUT2D eigenvalue weighted by Gasteiger charge is -2.59. The van der Waals surface area contributed by atoms with E-state index in [1.807, 2.05) is 0 Å². The second-order valence-corrected chi connectivity index (χ2v) is 13.0. The Kier molecular flexibility index (Phi) is 6.50. The smallest absolute Gasteiger partial charge is 0.0729 e. The zero-order chi connectivity index (χ0) is 22.6. The average molecular weight is 431 g/mol. The normalized spacial score (nSPS) is 46.7. The summed E-state index contributed by atoms with van der Waals surface area (Å²) in [5, 5.41) is 22.5. The van der Waals surface area contributed by atoms with Crippen LogP contribution in [0.5, 0.6) is 0 Å². The molecule has 0 aromatic heterocycles. The Morgan fingerprint density at radius 2 is 1.71 bits per heavy atom.